The van der Waals surface area contributed by atoms with Gasteiger partial charge in [-0.15, -0.1) is 0 Å². The van der Waals surface area contributed by atoms with E-state index < -0.39 is 5.97 Å². The highest BCUT2D eigenvalue weighted by atomic mass is 16.6. The van der Waals surface area contributed by atoms with Crippen molar-refractivity contribution in [2.45, 2.75) is 45.4 Å². The van der Waals surface area contributed by atoms with Crippen LogP contribution in [0.4, 0.5) is 5.69 Å². The molecule has 0 saturated heterocycles. The fraction of sp³-hybridized carbons (Fsp3) is 0.400. The molecule has 0 radical (unpaired) electrons. The predicted octanol–water partition coefficient (Wildman–Crippen LogP) is 4.86. The molecule has 0 saturated carbocycles. The fourth-order valence-electron chi connectivity index (χ4n) is 4.38. The Hall–Kier alpha value is -3.15. The number of benzene rings is 2. The highest BCUT2D eigenvalue weighted by Gasteiger charge is 2.30. The van der Waals surface area contributed by atoms with Crippen molar-refractivity contribution in [3.63, 3.8) is 0 Å². The standard InChI is InChI=1S/C25H30N2O4/c1-4-22-20(14-24(28)29)11-10-18-12-13-21(15-23(18)22)27(3)25(30)19-8-6-17(7-9-19)16-26-31-5-2/h6-9,12-13,15-16,20,22H,4-5,10-11,14H2,1-3H3,(H,28,29). The summed E-state index contributed by atoms with van der Waals surface area (Å²) in [7, 11) is 1.77. The molecule has 1 N–H and O–H groups in total. The number of fused-ring (bicyclic) bond motifs is 1. The van der Waals surface area contributed by atoms with Crippen molar-refractivity contribution in [1.82, 2.24) is 0 Å². The van der Waals surface area contributed by atoms with Crippen LogP contribution in [0.15, 0.2) is 47.6 Å². The number of amides is 1. The van der Waals surface area contributed by atoms with Gasteiger partial charge in [0.05, 0.1) is 6.21 Å². The van der Waals surface area contributed by atoms with E-state index in [0.29, 0.717) is 12.2 Å². The molecule has 31 heavy (non-hydrogen) atoms. The van der Waals surface area contributed by atoms with E-state index in [1.54, 1.807) is 30.3 Å². The molecule has 2 aromatic rings. The highest BCUT2D eigenvalue weighted by Crippen LogP contribution is 2.41. The minimum atomic E-state index is -0.745. The van der Waals surface area contributed by atoms with Crippen LogP contribution in [-0.4, -0.2) is 36.9 Å². The van der Waals surface area contributed by atoms with Crippen LogP contribution in [0, 0.1) is 5.92 Å². The van der Waals surface area contributed by atoms with Gasteiger partial charge in [0.15, 0.2) is 0 Å². The van der Waals surface area contributed by atoms with E-state index in [9.17, 15) is 14.7 Å². The van der Waals surface area contributed by atoms with Gasteiger partial charge in [-0.3, -0.25) is 9.59 Å². The molecular formula is C25H30N2O4. The number of aliphatic carboxylic acids is 1. The average molecular weight is 423 g/mol. The van der Waals surface area contributed by atoms with Crippen LogP contribution in [-0.2, 0) is 16.1 Å². The van der Waals surface area contributed by atoms with E-state index >= 15 is 0 Å². The first kappa shape index (κ1) is 22.5. The Morgan fingerprint density at radius 1 is 1.19 bits per heavy atom. The van der Waals surface area contributed by atoms with Crippen LogP contribution in [0.3, 0.4) is 0 Å². The average Bonchev–Trinajstić information content (AvgIpc) is 2.78. The number of anilines is 1. The maximum Gasteiger partial charge on any atom is 0.303 e. The number of carbonyl (C=O) groups excluding carboxylic acids is 1. The van der Waals surface area contributed by atoms with E-state index in [2.05, 4.69) is 24.2 Å². The molecule has 2 unspecified atom stereocenters. The van der Waals surface area contributed by atoms with E-state index in [1.807, 2.05) is 25.1 Å². The highest BCUT2D eigenvalue weighted by molar-refractivity contribution is 6.06. The summed E-state index contributed by atoms with van der Waals surface area (Å²) in [6.45, 7) is 4.48. The molecule has 0 aliphatic heterocycles. The molecule has 0 bridgehead atoms. The van der Waals surface area contributed by atoms with E-state index in [1.165, 1.54) is 11.1 Å². The van der Waals surface area contributed by atoms with E-state index in [-0.39, 0.29) is 24.2 Å². The van der Waals surface area contributed by atoms with Crippen LogP contribution in [0.25, 0.3) is 0 Å². The molecule has 2 aromatic carbocycles. The van der Waals surface area contributed by atoms with Gasteiger partial charge in [-0.25, -0.2) is 0 Å². The lowest BCUT2D eigenvalue weighted by Crippen LogP contribution is -2.27. The third kappa shape index (κ3) is 5.32. The molecule has 0 aromatic heterocycles. The molecule has 3 rings (SSSR count). The molecule has 6 nitrogen and oxygen atoms in total. The van der Waals surface area contributed by atoms with Gasteiger partial charge < -0.3 is 14.8 Å². The number of carboxylic acid groups (broad SMARTS) is 1. The van der Waals surface area contributed by atoms with E-state index in [0.717, 1.165) is 30.5 Å². The lowest BCUT2D eigenvalue weighted by atomic mass is 9.72. The number of carboxylic acids is 1. The summed E-state index contributed by atoms with van der Waals surface area (Å²) in [4.78, 5) is 30.9. The minimum absolute atomic E-state index is 0.0980. The predicted molar refractivity (Wildman–Crippen MR) is 122 cm³/mol. The lowest BCUT2D eigenvalue weighted by molar-refractivity contribution is -0.138. The summed E-state index contributed by atoms with van der Waals surface area (Å²) in [5.74, 6) is -0.506. The van der Waals surface area contributed by atoms with Crippen LogP contribution in [0.2, 0.25) is 0 Å². The number of hydrogen-bond acceptors (Lipinski definition) is 4. The Balaban J connectivity index is 1.80. The first-order valence-electron chi connectivity index (χ1n) is 10.8. The summed E-state index contributed by atoms with van der Waals surface area (Å²) in [6, 6.07) is 13.4. The number of aryl methyl sites for hydroxylation is 1. The SMILES string of the molecule is CCON=Cc1ccc(C(=O)N(C)c2ccc3c(c2)C(CC)C(CC(=O)O)CC3)cc1. The zero-order chi connectivity index (χ0) is 22.4. The Kier molecular flexibility index (Phi) is 7.45. The normalized spacial score (nSPS) is 17.9. The largest absolute Gasteiger partial charge is 0.481 e. The van der Waals surface area contributed by atoms with Gasteiger partial charge in [-0.2, -0.15) is 0 Å². The quantitative estimate of drug-likeness (QED) is 0.486. The van der Waals surface area contributed by atoms with Crippen LogP contribution in [0.1, 0.15) is 66.1 Å². The van der Waals surface area contributed by atoms with Gasteiger partial charge in [0.1, 0.15) is 6.61 Å². The number of hydrogen-bond donors (Lipinski definition) is 1. The second kappa shape index (κ2) is 10.2. The Morgan fingerprint density at radius 2 is 1.94 bits per heavy atom. The number of nitrogens with zero attached hydrogens (tertiary/aromatic N) is 2. The summed E-state index contributed by atoms with van der Waals surface area (Å²) in [6.07, 6.45) is 4.47. The first-order chi connectivity index (χ1) is 14.9. The van der Waals surface area contributed by atoms with E-state index in [4.69, 9.17) is 4.84 Å². The molecule has 1 aliphatic carbocycles. The Bertz CT molecular complexity index is 952. The van der Waals surface area contributed by atoms with Crippen molar-refractivity contribution >= 4 is 23.8 Å². The second-order valence-electron chi connectivity index (χ2n) is 7.93. The number of rotatable bonds is 8. The molecule has 164 valence electrons. The Labute approximate surface area is 183 Å². The molecule has 1 amide bonds. The maximum atomic E-state index is 13.0. The van der Waals surface area contributed by atoms with Crippen LogP contribution in [0.5, 0.6) is 0 Å². The van der Waals surface area contributed by atoms with Gasteiger partial charge >= 0.3 is 5.97 Å². The van der Waals surface area contributed by atoms with Gasteiger partial charge in [-0.1, -0.05) is 30.3 Å². The van der Waals surface area contributed by atoms with Crippen molar-refractivity contribution in [1.29, 1.82) is 0 Å². The summed E-state index contributed by atoms with van der Waals surface area (Å²) in [5, 5.41) is 13.1. The molecule has 0 fully saturated rings. The van der Waals surface area contributed by atoms with Crippen LogP contribution >= 0.6 is 0 Å². The smallest absolute Gasteiger partial charge is 0.303 e. The van der Waals surface area contributed by atoms with Crippen molar-refractivity contribution < 1.29 is 19.5 Å². The molecular weight excluding hydrogens is 392 g/mol. The second-order valence-corrected chi connectivity index (χ2v) is 7.93. The summed E-state index contributed by atoms with van der Waals surface area (Å²) < 4.78 is 0. The summed E-state index contributed by atoms with van der Waals surface area (Å²) >= 11 is 0. The van der Waals surface area contributed by atoms with Gasteiger partial charge in [0.2, 0.25) is 0 Å². The van der Waals surface area contributed by atoms with Gasteiger partial charge in [0, 0.05) is 24.7 Å². The Morgan fingerprint density at radius 3 is 2.58 bits per heavy atom. The third-order valence-electron chi connectivity index (χ3n) is 6.01. The zero-order valence-electron chi connectivity index (χ0n) is 18.4. The monoisotopic (exact) mass is 422 g/mol. The number of oxime groups is 1. The topological polar surface area (TPSA) is 79.2 Å². The molecule has 6 heteroatoms. The van der Waals surface area contributed by atoms with Crippen molar-refractivity contribution in [2.75, 3.05) is 18.6 Å². The first-order valence-corrected chi connectivity index (χ1v) is 10.8. The molecule has 0 heterocycles. The van der Waals surface area contributed by atoms with Crippen molar-refractivity contribution in [3.05, 3.63) is 64.7 Å². The fourth-order valence-corrected chi connectivity index (χ4v) is 4.38. The van der Waals surface area contributed by atoms with Crippen LogP contribution < -0.4 is 4.90 Å². The third-order valence-corrected chi connectivity index (χ3v) is 6.01. The molecule has 0 spiro atoms. The minimum Gasteiger partial charge on any atom is -0.481 e. The lowest BCUT2D eigenvalue weighted by Gasteiger charge is -2.33. The zero-order valence-corrected chi connectivity index (χ0v) is 18.4. The van der Waals surface area contributed by atoms with Crippen molar-refractivity contribution in [2.24, 2.45) is 11.1 Å². The van der Waals surface area contributed by atoms with Gasteiger partial charge in [0.25, 0.3) is 5.91 Å². The maximum absolute atomic E-state index is 13.0. The molecule has 2 atom stereocenters. The molecule has 1 aliphatic rings. The van der Waals surface area contributed by atoms with Crippen molar-refractivity contribution in [3.8, 4) is 0 Å². The van der Waals surface area contributed by atoms with Gasteiger partial charge in [-0.05, 0) is 79.0 Å². The number of carbonyl (C=O) groups is 2. The summed E-state index contributed by atoms with van der Waals surface area (Å²) in [5.41, 5.74) is 4.71.